The third kappa shape index (κ3) is 2.95. The van der Waals surface area contributed by atoms with Crippen molar-refractivity contribution in [3.63, 3.8) is 0 Å². The first kappa shape index (κ1) is 13.0. The molecule has 16 heavy (non-hydrogen) atoms. The van der Waals surface area contributed by atoms with Crippen molar-refractivity contribution < 1.29 is 17.6 Å². The van der Waals surface area contributed by atoms with Gasteiger partial charge in [0, 0.05) is 11.6 Å². The van der Waals surface area contributed by atoms with Gasteiger partial charge in [-0.25, -0.2) is 4.39 Å². The van der Waals surface area contributed by atoms with Crippen LogP contribution in [-0.4, -0.2) is 6.54 Å². The van der Waals surface area contributed by atoms with Crippen LogP contribution in [0.15, 0.2) is 18.2 Å². The minimum atomic E-state index is -4.50. The Balaban J connectivity index is 3.00. The number of nitrogens with one attached hydrogen (secondary N) is 1. The molecule has 1 atom stereocenters. The van der Waals surface area contributed by atoms with Gasteiger partial charge in [0.15, 0.2) is 0 Å². The summed E-state index contributed by atoms with van der Waals surface area (Å²) in [5.74, 6) is -0.830. The van der Waals surface area contributed by atoms with E-state index < -0.39 is 17.6 Å². The number of hydrogen-bond acceptors (Lipinski definition) is 1. The van der Waals surface area contributed by atoms with Crippen LogP contribution >= 0.6 is 0 Å². The van der Waals surface area contributed by atoms with E-state index in [9.17, 15) is 17.6 Å². The summed E-state index contributed by atoms with van der Waals surface area (Å²) in [6.45, 7) is 4.18. The maximum atomic E-state index is 13.4. The number of benzene rings is 1. The fraction of sp³-hybridized carbons (Fsp3) is 0.455. The lowest BCUT2D eigenvalue weighted by Gasteiger charge is -2.15. The zero-order chi connectivity index (χ0) is 12.3. The molecule has 0 aliphatic rings. The monoisotopic (exact) mass is 235 g/mol. The van der Waals surface area contributed by atoms with Crippen LogP contribution in [0.25, 0.3) is 0 Å². The molecule has 0 unspecified atom stereocenters. The van der Waals surface area contributed by atoms with Crippen molar-refractivity contribution >= 4 is 0 Å². The van der Waals surface area contributed by atoms with Crippen LogP contribution in [0.1, 0.15) is 31.0 Å². The standard InChI is InChI=1S/C11H13F4N/c1-3-16-7(2)9-5-4-8(6-10(9)12)11(13,14)15/h4-7,16H,3H2,1-2H3/t7-/m0/s1. The normalized spacial score (nSPS) is 13.9. The minimum absolute atomic E-state index is 0.245. The van der Waals surface area contributed by atoms with Crippen LogP contribution in [0.2, 0.25) is 0 Å². The highest BCUT2D eigenvalue weighted by Gasteiger charge is 2.31. The number of rotatable bonds is 3. The van der Waals surface area contributed by atoms with E-state index in [-0.39, 0.29) is 11.6 Å². The van der Waals surface area contributed by atoms with E-state index in [4.69, 9.17) is 0 Å². The summed E-state index contributed by atoms with van der Waals surface area (Å²) < 4.78 is 50.2. The minimum Gasteiger partial charge on any atom is -0.310 e. The molecule has 0 aromatic heterocycles. The van der Waals surface area contributed by atoms with Crippen molar-refractivity contribution in [1.29, 1.82) is 0 Å². The first-order valence-electron chi connectivity index (χ1n) is 4.96. The van der Waals surface area contributed by atoms with E-state index >= 15 is 0 Å². The lowest BCUT2D eigenvalue weighted by Crippen LogP contribution is -2.19. The van der Waals surface area contributed by atoms with Gasteiger partial charge in [0.25, 0.3) is 0 Å². The molecule has 0 amide bonds. The highest BCUT2D eigenvalue weighted by Crippen LogP contribution is 2.31. The van der Waals surface area contributed by atoms with Gasteiger partial charge in [-0.2, -0.15) is 13.2 Å². The van der Waals surface area contributed by atoms with Crippen molar-refractivity contribution in [3.05, 3.63) is 35.1 Å². The summed E-state index contributed by atoms with van der Waals surface area (Å²) in [6, 6.07) is 2.30. The molecule has 1 aromatic rings. The number of hydrogen-bond donors (Lipinski definition) is 1. The summed E-state index contributed by atoms with van der Waals surface area (Å²) >= 11 is 0. The summed E-state index contributed by atoms with van der Waals surface area (Å²) in [6.07, 6.45) is -4.50. The molecule has 1 nitrogen and oxygen atoms in total. The molecule has 0 aliphatic carbocycles. The molecule has 0 bridgehead atoms. The second-order valence-electron chi connectivity index (χ2n) is 3.51. The molecule has 90 valence electrons. The van der Waals surface area contributed by atoms with Crippen molar-refractivity contribution in [1.82, 2.24) is 5.32 Å². The van der Waals surface area contributed by atoms with Gasteiger partial charge in [0.05, 0.1) is 5.56 Å². The quantitative estimate of drug-likeness (QED) is 0.790. The molecule has 1 N–H and O–H groups in total. The van der Waals surface area contributed by atoms with Gasteiger partial charge in [0.1, 0.15) is 5.82 Å². The van der Waals surface area contributed by atoms with Crippen molar-refractivity contribution in [2.75, 3.05) is 6.54 Å². The number of halogens is 4. The average molecular weight is 235 g/mol. The molecule has 5 heteroatoms. The molecule has 0 saturated heterocycles. The third-order valence-electron chi connectivity index (χ3n) is 2.30. The van der Waals surface area contributed by atoms with E-state index in [1.54, 1.807) is 6.92 Å². The lowest BCUT2D eigenvalue weighted by atomic mass is 10.0. The van der Waals surface area contributed by atoms with E-state index in [1.165, 1.54) is 6.07 Å². The predicted molar refractivity (Wildman–Crippen MR) is 53.5 cm³/mol. The SMILES string of the molecule is CCN[C@@H](C)c1ccc(C(F)(F)F)cc1F. The van der Waals surface area contributed by atoms with Gasteiger partial charge in [-0.15, -0.1) is 0 Å². The van der Waals surface area contributed by atoms with Crippen LogP contribution in [0.3, 0.4) is 0 Å². The summed E-state index contributed by atoms with van der Waals surface area (Å²) in [4.78, 5) is 0. The Morgan fingerprint density at radius 3 is 2.38 bits per heavy atom. The van der Waals surface area contributed by atoms with E-state index in [1.807, 2.05) is 6.92 Å². The highest BCUT2D eigenvalue weighted by atomic mass is 19.4. The molecule has 0 aliphatic heterocycles. The van der Waals surface area contributed by atoms with Gasteiger partial charge in [-0.3, -0.25) is 0 Å². The molecule has 1 aromatic carbocycles. The van der Waals surface area contributed by atoms with E-state index in [0.717, 1.165) is 6.07 Å². The van der Waals surface area contributed by atoms with Crippen LogP contribution < -0.4 is 5.32 Å². The van der Waals surface area contributed by atoms with Gasteiger partial charge in [-0.1, -0.05) is 13.0 Å². The van der Waals surface area contributed by atoms with Crippen molar-refractivity contribution in [2.45, 2.75) is 26.1 Å². The fourth-order valence-corrected chi connectivity index (χ4v) is 1.47. The first-order chi connectivity index (χ1) is 7.36. The molecule has 0 fully saturated rings. The highest BCUT2D eigenvalue weighted by molar-refractivity contribution is 5.28. The van der Waals surface area contributed by atoms with Crippen LogP contribution in [0, 0.1) is 5.82 Å². The van der Waals surface area contributed by atoms with Gasteiger partial charge in [0.2, 0.25) is 0 Å². The zero-order valence-corrected chi connectivity index (χ0v) is 9.03. The largest absolute Gasteiger partial charge is 0.416 e. The maximum absolute atomic E-state index is 13.4. The molecule has 0 heterocycles. The Bertz CT molecular complexity index is 359. The molecule has 0 radical (unpaired) electrons. The summed E-state index contributed by atoms with van der Waals surface area (Å²) in [7, 11) is 0. The summed E-state index contributed by atoms with van der Waals surface area (Å²) in [5.41, 5.74) is -0.715. The summed E-state index contributed by atoms with van der Waals surface area (Å²) in [5, 5.41) is 2.94. The van der Waals surface area contributed by atoms with Gasteiger partial charge < -0.3 is 5.32 Å². The van der Waals surface area contributed by atoms with Crippen LogP contribution in [0.5, 0.6) is 0 Å². The Hall–Kier alpha value is -1.10. The molecular formula is C11H13F4N. The fourth-order valence-electron chi connectivity index (χ4n) is 1.47. The zero-order valence-electron chi connectivity index (χ0n) is 9.03. The van der Waals surface area contributed by atoms with Crippen molar-refractivity contribution in [3.8, 4) is 0 Å². The van der Waals surface area contributed by atoms with Gasteiger partial charge in [-0.05, 0) is 25.6 Å². The Labute approximate surface area is 91.5 Å². The second-order valence-corrected chi connectivity index (χ2v) is 3.51. The molecule has 1 rings (SSSR count). The molecule has 0 spiro atoms. The molecule has 0 saturated carbocycles. The van der Waals surface area contributed by atoms with Crippen molar-refractivity contribution in [2.24, 2.45) is 0 Å². The van der Waals surface area contributed by atoms with Crippen LogP contribution in [-0.2, 0) is 6.18 Å². The number of alkyl halides is 3. The maximum Gasteiger partial charge on any atom is 0.416 e. The van der Waals surface area contributed by atoms with E-state index in [0.29, 0.717) is 12.6 Å². The Morgan fingerprint density at radius 2 is 1.94 bits per heavy atom. The predicted octanol–water partition coefficient (Wildman–Crippen LogP) is 3.52. The average Bonchev–Trinajstić information content (AvgIpc) is 2.16. The van der Waals surface area contributed by atoms with Gasteiger partial charge >= 0.3 is 6.18 Å². The smallest absolute Gasteiger partial charge is 0.310 e. The lowest BCUT2D eigenvalue weighted by molar-refractivity contribution is -0.137. The Morgan fingerprint density at radius 1 is 1.31 bits per heavy atom. The second kappa shape index (κ2) is 4.82. The Kier molecular flexibility index (Phi) is 3.91. The van der Waals surface area contributed by atoms with Crippen LogP contribution in [0.4, 0.5) is 17.6 Å². The molecular weight excluding hydrogens is 222 g/mol. The first-order valence-corrected chi connectivity index (χ1v) is 4.96. The van der Waals surface area contributed by atoms with E-state index in [2.05, 4.69) is 5.32 Å². The topological polar surface area (TPSA) is 12.0 Å². The third-order valence-corrected chi connectivity index (χ3v) is 2.30.